The minimum atomic E-state index is -2.73. The lowest BCUT2D eigenvalue weighted by molar-refractivity contribution is 0.0689. The number of carboxylic acid groups (broad SMARTS) is 1. The second-order valence-electron chi connectivity index (χ2n) is 3.23. The Kier molecular flexibility index (Phi) is 2.30. The van der Waals surface area contributed by atoms with Crippen LogP contribution in [0.25, 0.3) is 5.65 Å². The quantitative estimate of drug-likeness (QED) is 0.847. The Morgan fingerprint density at radius 2 is 2.19 bits per heavy atom. The van der Waals surface area contributed by atoms with Crippen molar-refractivity contribution >= 4 is 11.6 Å². The minimum Gasteiger partial charge on any atom is -0.476 e. The number of carbonyl (C=O) groups is 1. The monoisotopic (exact) mass is 227 g/mol. The highest BCUT2D eigenvalue weighted by atomic mass is 19.3. The highest BCUT2D eigenvalue weighted by Crippen LogP contribution is 2.20. The third kappa shape index (κ3) is 1.60. The lowest BCUT2D eigenvalue weighted by atomic mass is 10.3. The summed E-state index contributed by atoms with van der Waals surface area (Å²) in [6, 6.07) is 2.33. The number of rotatable bonds is 2. The molecule has 0 saturated carbocycles. The van der Waals surface area contributed by atoms with E-state index in [0.29, 0.717) is 5.69 Å². The molecular weight excluding hydrogens is 220 g/mol. The fraction of sp³-hybridized carbons (Fsp3) is 0.222. The first-order valence-electron chi connectivity index (χ1n) is 4.38. The Bertz CT molecular complexity index is 565. The summed E-state index contributed by atoms with van der Waals surface area (Å²) in [5.41, 5.74) is -0.178. The molecule has 7 heteroatoms. The number of fused-ring (bicyclic) bond motifs is 1. The van der Waals surface area contributed by atoms with Crippen LogP contribution < -0.4 is 0 Å². The van der Waals surface area contributed by atoms with E-state index in [0.717, 1.165) is 10.6 Å². The maximum absolute atomic E-state index is 12.7. The molecule has 0 saturated heterocycles. The molecular formula is C9H7F2N3O2. The fourth-order valence-corrected chi connectivity index (χ4v) is 1.39. The zero-order chi connectivity index (χ0) is 11.9. The Morgan fingerprint density at radius 3 is 2.75 bits per heavy atom. The second kappa shape index (κ2) is 3.51. The maximum atomic E-state index is 12.7. The van der Waals surface area contributed by atoms with Crippen LogP contribution in [-0.4, -0.2) is 25.7 Å². The van der Waals surface area contributed by atoms with Gasteiger partial charge >= 0.3 is 5.97 Å². The Labute approximate surface area is 88.3 Å². The standard InChI is InChI=1S/C9H7F2N3O2/c1-4-2-6(8(10)11)14-7(12-4)3-5(13-14)9(15)16/h2-3,8H,1H3,(H,15,16). The number of halogens is 2. The van der Waals surface area contributed by atoms with E-state index in [1.807, 2.05) is 0 Å². The van der Waals surface area contributed by atoms with E-state index < -0.39 is 12.4 Å². The summed E-state index contributed by atoms with van der Waals surface area (Å²) < 4.78 is 26.2. The topological polar surface area (TPSA) is 67.5 Å². The maximum Gasteiger partial charge on any atom is 0.356 e. The molecule has 1 N–H and O–H groups in total. The molecule has 2 rings (SSSR count). The van der Waals surface area contributed by atoms with Gasteiger partial charge in [-0.25, -0.2) is 23.1 Å². The van der Waals surface area contributed by atoms with Crippen LogP contribution >= 0.6 is 0 Å². The van der Waals surface area contributed by atoms with Crippen molar-refractivity contribution in [2.24, 2.45) is 0 Å². The van der Waals surface area contributed by atoms with Crippen molar-refractivity contribution in [2.75, 3.05) is 0 Å². The van der Waals surface area contributed by atoms with E-state index in [4.69, 9.17) is 5.11 Å². The lowest BCUT2D eigenvalue weighted by Crippen LogP contribution is -2.03. The van der Waals surface area contributed by atoms with E-state index in [9.17, 15) is 13.6 Å². The number of nitrogens with zero attached hydrogens (tertiary/aromatic N) is 3. The van der Waals surface area contributed by atoms with Gasteiger partial charge in [0.2, 0.25) is 0 Å². The van der Waals surface area contributed by atoms with Crippen molar-refractivity contribution < 1.29 is 18.7 Å². The van der Waals surface area contributed by atoms with Crippen molar-refractivity contribution in [3.05, 3.63) is 29.2 Å². The molecule has 2 aromatic rings. The molecule has 0 unspecified atom stereocenters. The van der Waals surface area contributed by atoms with Crippen molar-refractivity contribution in [1.82, 2.24) is 14.6 Å². The van der Waals surface area contributed by atoms with E-state index in [1.54, 1.807) is 6.92 Å². The number of aromatic nitrogens is 3. The van der Waals surface area contributed by atoms with Crippen LogP contribution in [0.3, 0.4) is 0 Å². The number of carboxylic acids is 1. The first-order chi connectivity index (χ1) is 7.49. The third-order valence-corrected chi connectivity index (χ3v) is 2.03. The van der Waals surface area contributed by atoms with Crippen LogP contribution in [0.15, 0.2) is 12.1 Å². The molecule has 0 amide bonds. The van der Waals surface area contributed by atoms with Gasteiger partial charge in [0.25, 0.3) is 6.43 Å². The van der Waals surface area contributed by atoms with Crippen molar-refractivity contribution in [3.8, 4) is 0 Å². The first-order valence-corrected chi connectivity index (χ1v) is 4.38. The molecule has 84 valence electrons. The molecule has 0 atom stereocenters. The summed E-state index contributed by atoms with van der Waals surface area (Å²) in [5.74, 6) is -1.27. The first kappa shape index (κ1) is 10.5. The number of alkyl halides is 2. The number of aryl methyl sites for hydroxylation is 1. The van der Waals surface area contributed by atoms with Gasteiger partial charge in [-0.2, -0.15) is 5.10 Å². The molecule has 0 aromatic carbocycles. The highest BCUT2D eigenvalue weighted by Gasteiger charge is 2.17. The molecule has 0 aliphatic carbocycles. The van der Waals surface area contributed by atoms with Gasteiger partial charge in [-0.05, 0) is 13.0 Å². The minimum absolute atomic E-state index is 0.104. The zero-order valence-electron chi connectivity index (χ0n) is 8.19. The molecule has 0 fully saturated rings. The van der Waals surface area contributed by atoms with E-state index in [1.165, 1.54) is 6.07 Å². The SMILES string of the molecule is Cc1cc(C(F)F)n2nc(C(=O)O)cc2n1. The van der Waals surface area contributed by atoms with E-state index >= 15 is 0 Å². The third-order valence-electron chi connectivity index (χ3n) is 2.03. The fourth-order valence-electron chi connectivity index (χ4n) is 1.39. The largest absolute Gasteiger partial charge is 0.476 e. The molecule has 0 radical (unpaired) electrons. The number of hydrogen-bond donors (Lipinski definition) is 1. The van der Waals surface area contributed by atoms with Crippen molar-refractivity contribution in [3.63, 3.8) is 0 Å². The Hall–Kier alpha value is -2.05. The number of aromatic carboxylic acids is 1. The predicted molar refractivity (Wildman–Crippen MR) is 49.6 cm³/mol. The van der Waals surface area contributed by atoms with Crippen LogP contribution in [0.4, 0.5) is 8.78 Å². The van der Waals surface area contributed by atoms with Gasteiger partial charge in [0, 0.05) is 11.8 Å². The van der Waals surface area contributed by atoms with Gasteiger partial charge in [-0.3, -0.25) is 0 Å². The van der Waals surface area contributed by atoms with Crippen LogP contribution in [0.5, 0.6) is 0 Å². The Morgan fingerprint density at radius 1 is 1.50 bits per heavy atom. The van der Waals surface area contributed by atoms with Gasteiger partial charge in [0.1, 0.15) is 5.69 Å². The van der Waals surface area contributed by atoms with Gasteiger partial charge in [-0.1, -0.05) is 0 Å². The lowest BCUT2D eigenvalue weighted by Gasteiger charge is -2.03. The molecule has 0 aliphatic rings. The van der Waals surface area contributed by atoms with Crippen LogP contribution in [0, 0.1) is 6.92 Å². The van der Waals surface area contributed by atoms with Gasteiger partial charge < -0.3 is 5.11 Å². The molecule has 2 heterocycles. The average Bonchev–Trinajstić information content (AvgIpc) is 2.59. The smallest absolute Gasteiger partial charge is 0.356 e. The summed E-state index contributed by atoms with van der Waals surface area (Å²) in [6.45, 7) is 1.55. The normalized spacial score (nSPS) is 11.2. The van der Waals surface area contributed by atoms with Crippen LogP contribution in [-0.2, 0) is 0 Å². The van der Waals surface area contributed by atoms with E-state index in [2.05, 4.69) is 10.1 Å². The highest BCUT2D eigenvalue weighted by molar-refractivity contribution is 5.86. The average molecular weight is 227 g/mol. The molecule has 5 nitrogen and oxygen atoms in total. The second-order valence-corrected chi connectivity index (χ2v) is 3.23. The van der Waals surface area contributed by atoms with Crippen LogP contribution in [0.2, 0.25) is 0 Å². The summed E-state index contributed by atoms with van der Waals surface area (Å²) in [4.78, 5) is 14.6. The zero-order valence-corrected chi connectivity index (χ0v) is 8.19. The molecule has 0 spiro atoms. The summed E-state index contributed by atoms with van der Waals surface area (Å²) in [5, 5.41) is 12.2. The Balaban J connectivity index is 2.75. The van der Waals surface area contributed by atoms with Crippen LogP contribution in [0.1, 0.15) is 28.3 Å². The number of hydrogen-bond acceptors (Lipinski definition) is 3. The van der Waals surface area contributed by atoms with Gasteiger partial charge in [-0.15, -0.1) is 0 Å². The van der Waals surface area contributed by atoms with Gasteiger partial charge in [0.15, 0.2) is 11.3 Å². The summed E-state index contributed by atoms with van der Waals surface area (Å²) >= 11 is 0. The van der Waals surface area contributed by atoms with Crippen molar-refractivity contribution in [2.45, 2.75) is 13.3 Å². The van der Waals surface area contributed by atoms with Gasteiger partial charge in [0.05, 0.1) is 0 Å². The molecule has 16 heavy (non-hydrogen) atoms. The molecule has 0 bridgehead atoms. The predicted octanol–water partition coefficient (Wildman–Crippen LogP) is 1.67. The summed E-state index contributed by atoms with van der Waals surface area (Å²) in [7, 11) is 0. The van der Waals surface area contributed by atoms with E-state index in [-0.39, 0.29) is 17.0 Å². The molecule has 2 aromatic heterocycles. The van der Waals surface area contributed by atoms with Crippen molar-refractivity contribution in [1.29, 1.82) is 0 Å². The molecule has 0 aliphatic heterocycles. The summed E-state index contributed by atoms with van der Waals surface area (Å²) in [6.07, 6.45) is -2.73.